The number of hydrogen-bond acceptors (Lipinski definition) is 5. The highest BCUT2D eigenvalue weighted by atomic mass is 16.5. The lowest BCUT2D eigenvalue weighted by atomic mass is 10.2. The molecule has 2 rings (SSSR count). The molecule has 1 unspecified atom stereocenters. The van der Waals surface area contributed by atoms with Gasteiger partial charge in [0, 0.05) is 20.2 Å². The van der Waals surface area contributed by atoms with Crippen molar-refractivity contribution < 1.29 is 19.3 Å². The van der Waals surface area contributed by atoms with Crippen molar-refractivity contribution in [3.63, 3.8) is 0 Å². The summed E-state index contributed by atoms with van der Waals surface area (Å²) in [6.45, 7) is 3.52. The zero-order chi connectivity index (χ0) is 14.2. The second-order valence-corrected chi connectivity index (χ2v) is 4.84. The molecule has 0 bridgehead atoms. The minimum Gasteiger partial charge on any atom is -0.491 e. The van der Waals surface area contributed by atoms with E-state index in [-0.39, 0.29) is 0 Å². The van der Waals surface area contributed by atoms with E-state index in [0.717, 1.165) is 24.4 Å². The summed E-state index contributed by atoms with van der Waals surface area (Å²) in [5.41, 5.74) is 1.04. The van der Waals surface area contributed by atoms with E-state index in [2.05, 4.69) is 4.90 Å². The van der Waals surface area contributed by atoms with E-state index < -0.39 is 6.10 Å². The monoisotopic (exact) mass is 281 g/mol. The topological polar surface area (TPSA) is 51.2 Å². The molecule has 1 aliphatic rings. The summed E-state index contributed by atoms with van der Waals surface area (Å²) >= 11 is 0. The van der Waals surface area contributed by atoms with Crippen molar-refractivity contribution in [2.45, 2.75) is 12.5 Å². The minimum absolute atomic E-state index is 0.322. The first-order chi connectivity index (χ1) is 9.81. The van der Waals surface area contributed by atoms with E-state index in [9.17, 15) is 5.11 Å². The number of benzene rings is 1. The van der Waals surface area contributed by atoms with Crippen LogP contribution in [0.1, 0.15) is 6.42 Å². The van der Waals surface area contributed by atoms with Gasteiger partial charge in [-0.3, -0.25) is 0 Å². The molecular weight excluding hydrogens is 258 g/mol. The summed E-state index contributed by atoms with van der Waals surface area (Å²) in [6.07, 6.45) is 0.435. The van der Waals surface area contributed by atoms with Crippen LogP contribution in [-0.4, -0.2) is 57.8 Å². The van der Waals surface area contributed by atoms with E-state index in [4.69, 9.17) is 14.2 Å². The molecule has 1 aliphatic heterocycles. The number of aliphatic hydroxyl groups is 1. The summed E-state index contributed by atoms with van der Waals surface area (Å²) in [6, 6.07) is 7.95. The van der Waals surface area contributed by atoms with E-state index in [1.165, 1.54) is 0 Å². The number of methoxy groups -OCH3 is 1. The third-order valence-corrected chi connectivity index (χ3v) is 3.21. The number of rotatable bonds is 7. The van der Waals surface area contributed by atoms with Gasteiger partial charge < -0.3 is 24.2 Å². The summed E-state index contributed by atoms with van der Waals surface area (Å²) in [5.74, 6) is 0.887. The molecule has 0 fully saturated rings. The van der Waals surface area contributed by atoms with Gasteiger partial charge in [-0.1, -0.05) is 12.1 Å². The molecule has 20 heavy (non-hydrogen) atoms. The minimum atomic E-state index is -0.516. The van der Waals surface area contributed by atoms with Crippen molar-refractivity contribution in [3.05, 3.63) is 24.3 Å². The highest BCUT2D eigenvalue weighted by Crippen LogP contribution is 2.30. The van der Waals surface area contributed by atoms with Gasteiger partial charge in [0.15, 0.2) is 0 Å². The van der Waals surface area contributed by atoms with Gasteiger partial charge in [-0.25, -0.2) is 0 Å². The maximum absolute atomic E-state index is 10.1. The van der Waals surface area contributed by atoms with Crippen LogP contribution in [-0.2, 0) is 9.47 Å². The number of fused-ring (bicyclic) bond motifs is 1. The van der Waals surface area contributed by atoms with Gasteiger partial charge in [0.05, 0.1) is 38.2 Å². The van der Waals surface area contributed by atoms with Gasteiger partial charge in [0.25, 0.3) is 0 Å². The Bertz CT molecular complexity index is 399. The van der Waals surface area contributed by atoms with Crippen molar-refractivity contribution in [3.8, 4) is 5.75 Å². The summed E-state index contributed by atoms with van der Waals surface area (Å²) < 4.78 is 16.0. The Kier molecular flexibility index (Phi) is 6.11. The highest BCUT2D eigenvalue weighted by molar-refractivity contribution is 5.59. The van der Waals surface area contributed by atoms with Crippen molar-refractivity contribution in [2.75, 3.05) is 51.5 Å². The van der Waals surface area contributed by atoms with Crippen LogP contribution in [0.15, 0.2) is 24.3 Å². The lowest BCUT2D eigenvalue weighted by molar-refractivity contribution is 0.0161. The first kappa shape index (κ1) is 15.1. The molecule has 5 nitrogen and oxygen atoms in total. The summed E-state index contributed by atoms with van der Waals surface area (Å²) in [4.78, 5) is 2.16. The smallest absolute Gasteiger partial charge is 0.142 e. The number of aliphatic hydroxyl groups excluding tert-OH is 1. The number of nitrogens with zero attached hydrogens (tertiary/aromatic N) is 1. The predicted octanol–water partition coefficient (Wildman–Crippen LogP) is 1.30. The van der Waals surface area contributed by atoms with Crippen LogP contribution in [0.2, 0.25) is 0 Å². The molecule has 0 saturated carbocycles. The van der Waals surface area contributed by atoms with Crippen molar-refractivity contribution in [2.24, 2.45) is 0 Å². The second kappa shape index (κ2) is 8.09. The van der Waals surface area contributed by atoms with E-state index in [0.29, 0.717) is 33.0 Å². The Balaban J connectivity index is 1.88. The molecule has 0 amide bonds. The van der Waals surface area contributed by atoms with Gasteiger partial charge in [0.1, 0.15) is 5.75 Å². The Morgan fingerprint density at radius 1 is 1.35 bits per heavy atom. The van der Waals surface area contributed by atoms with Crippen LogP contribution >= 0.6 is 0 Å². The van der Waals surface area contributed by atoms with Gasteiger partial charge in [-0.05, 0) is 18.6 Å². The Labute approximate surface area is 120 Å². The second-order valence-electron chi connectivity index (χ2n) is 4.84. The zero-order valence-electron chi connectivity index (χ0n) is 12.0. The number of β-amino-alcohol motifs (C(OH)–C–C–N with tert-alkyl or cyclic N) is 1. The maximum Gasteiger partial charge on any atom is 0.142 e. The zero-order valence-corrected chi connectivity index (χ0v) is 12.0. The summed E-state index contributed by atoms with van der Waals surface area (Å²) in [5, 5.41) is 10.1. The lowest BCUT2D eigenvalue weighted by Crippen LogP contribution is -2.35. The molecule has 1 N–H and O–H groups in total. The molecule has 0 aliphatic carbocycles. The molecule has 1 atom stereocenters. The fourth-order valence-electron chi connectivity index (χ4n) is 2.26. The largest absolute Gasteiger partial charge is 0.491 e. The van der Waals surface area contributed by atoms with Crippen molar-refractivity contribution >= 4 is 5.69 Å². The normalized spacial score (nSPS) is 16.2. The van der Waals surface area contributed by atoms with Crippen LogP contribution in [0.25, 0.3) is 0 Å². The number of hydrogen-bond donors (Lipinski definition) is 1. The Hall–Kier alpha value is -1.30. The average Bonchev–Trinajstić information content (AvgIpc) is 2.67. The molecular formula is C15H23NO4. The van der Waals surface area contributed by atoms with Gasteiger partial charge in [-0.15, -0.1) is 0 Å². The van der Waals surface area contributed by atoms with Gasteiger partial charge in [-0.2, -0.15) is 0 Å². The first-order valence-electron chi connectivity index (χ1n) is 7.03. The Morgan fingerprint density at radius 3 is 3.05 bits per heavy atom. The van der Waals surface area contributed by atoms with E-state index >= 15 is 0 Å². The summed E-state index contributed by atoms with van der Waals surface area (Å²) in [7, 11) is 1.63. The number of ether oxygens (including phenoxy) is 3. The van der Waals surface area contributed by atoms with Crippen LogP contribution in [0, 0.1) is 0 Å². The molecule has 1 heterocycles. The molecule has 112 valence electrons. The van der Waals surface area contributed by atoms with E-state index in [1.807, 2.05) is 24.3 Å². The quantitative estimate of drug-likeness (QED) is 0.764. The van der Waals surface area contributed by atoms with Crippen LogP contribution < -0.4 is 9.64 Å². The fourth-order valence-corrected chi connectivity index (χ4v) is 2.26. The molecule has 0 saturated heterocycles. The van der Waals surface area contributed by atoms with Crippen molar-refractivity contribution in [1.29, 1.82) is 0 Å². The van der Waals surface area contributed by atoms with Crippen LogP contribution in [0.5, 0.6) is 5.75 Å². The van der Waals surface area contributed by atoms with Gasteiger partial charge >= 0.3 is 0 Å². The molecule has 0 radical (unpaired) electrons. The SMILES string of the molecule is COCCOCC(O)CN1CCCOc2ccccc21. The molecule has 0 spiro atoms. The molecule has 0 aromatic heterocycles. The third kappa shape index (κ3) is 4.37. The predicted molar refractivity (Wildman–Crippen MR) is 77.5 cm³/mol. The van der Waals surface area contributed by atoms with E-state index in [1.54, 1.807) is 7.11 Å². The Morgan fingerprint density at radius 2 is 2.20 bits per heavy atom. The fraction of sp³-hybridized carbons (Fsp3) is 0.600. The van der Waals surface area contributed by atoms with Crippen molar-refractivity contribution in [1.82, 2.24) is 0 Å². The number of para-hydroxylation sites is 2. The molecule has 1 aromatic rings. The highest BCUT2D eigenvalue weighted by Gasteiger charge is 2.18. The average molecular weight is 281 g/mol. The first-order valence-corrected chi connectivity index (χ1v) is 7.03. The van der Waals surface area contributed by atoms with Crippen LogP contribution in [0.4, 0.5) is 5.69 Å². The molecule has 5 heteroatoms. The molecule has 1 aromatic carbocycles. The standard InChI is InChI=1S/C15H23NO4/c1-18-9-10-19-12-13(17)11-16-7-4-8-20-15-6-3-2-5-14(15)16/h2-3,5-6,13,17H,4,7-12H2,1H3. The van der Waals surface area contributed by atoms with Gasteiger partial charge in [0.2, 0.25) is 0 Å². The van der Waals surface area contributed by atoms with Crippen LogP contribution in [0.3, 0.4) is 0 Å². The number of anilines is 1. The third-order valence-electron chi connectivity index (χ3n) is 3.21. The maximum atomic E-state index is 10.1. The lowest BCUT2D eigenvalue weighted by Gasteiger charge is -2.26.